The molecule has 19 heavy (non-hydrogen) atoms. The molecule has 3 N–H and O–H groups in total. The topological polar surface area (TPSA) is 71.5 Å². The van der Waals surface area contributed by atoms with Crippen molar-refractivity contribution in [3.8, 4) is 0 Å². The molecule has 102 valence electrons. The fourth-order valence-corrected chi connectivity index (χ4v) is 2.09. The van der Waals surface area contributed by atoms with Crippen molar-refractivity contribution in [1.29, 1.82) is 0 Å². The number of nitrogens with zero attached hydrogens (tertiary/aromatic N) is 1. The van der Waals surface area contributed by atoms with E-state index in [1.807, 2.05) is 25.2 Å². The highest BCUT2D eigenvalue weighted by Crippen LogP contribution is 2.26. The lowest BCUT2D eigenvalue weighted by Crippen LogP contribution is -2.30. The second kappa shape index (κ2) is 5.75. The van der Waals surface area contributed by atoms with Crippen LogP contribution in [0.3, 0.4) is 0 Å². The van der Waals surface area contributed by atoms with Crippen molar-refractivity contribution < 1.29 is 4.42 Å². The molecule has 0 bridgehead atoms. The molecule has 0 atom stereocenters. The van der Waals surface area contributed by atoms with E-state index < -0.39 is 5.63 Å². The number of para-hydroxylation sites is 1. The van der Waals surface area contributed by atoms with Gasteiger partial charge in [-0.1, -0.05) is 12.1 Å². The molecule has 0 aliphatic heterocycles. The van der Waals surface area contributed by atoms with Crippen LogP contribution in [0.4, 0.5) is 11.4 Å². The van der Waals surface area contributed by atoms with Crippen LogP contribution < -0.4 is 21.6 Å². The smallest absolute Gasteiger partial charge is 0.359 e. The van der Waals surface area contributed by atoms with Crippen LogP contribution in [0.15, 0.2) is 33.5 Å². The van der Waals surface area contributed by atoms with Gasteiger partial charge in [-0.2, -0.15) is 0 Å². The first-order chi connectivity index (χ1) is 9.17. The normalized spacial score (nSPS) is 10.8. The first-order valence-corrected chi connectivity index (χ1v) is 6.39. The maximum absolute atomic E-state index is 11.6. The zero-order valence-corrected chi connectivity index (χ0v) is 11.3. The summed E-state index contributed by atoms with van der Waals surface area (Å²) in [5.74, 6) is 0. The van der Waals surface area contributed by atoms with Crippen LogP contribution in [0.5, 0.6) is 0 Å². The SMILES string of the molecule is CCN(CCNC)c1cccc2cc(N)c(=O)oc12. The molecule has 0 spiro atoms. The molecule has 0 amide bonds. The Labute approximate surface area is 112 Å². The van der Waals surface area contributed by atoms with E-state index in [1.54, 1.807) is 6.07 Å². The largest absolute Gasteiger partial charge is 0.419 e. The van der Waals surface area contributed by atoms with Crippen molar-refractivity contribution in [2.45, 2.75) is 6.92 Å². The van der Waals surface area contributed by atoms with Crippen LogP contribution in [-0.2, 0) is 0 Å². The summed E-state index contributed by atoms with van der Waals surface area (Å²) in [4.78, 5) is 13.8. The number of rotatable bonds is 5. The number of hydrogen-bond acceptors (Lipinski definition) is 5. The summed E-state index contributed by atoms with van der Waals surface area (Å²) in [6, 6.07) is 7.46. The molecule has 1 aromatic carbocycles. The molecular formula is C14H19N3O2. The third-order valence-electron chi connectivity index (χ3n) is 3.12. The summed E-state index contributed by atoms with van der Waals surface area (Å²) in [7, 11) is 1.91. The highest BCUT2D eigenvalue weighted by molar-refractivity contribution is 5.90. The fraction of sp³-hybridized carbons (Fsp3) is 0.357. The number of likely N-dealkylation sites (N-methyl/N-ethyl adjacent to an activating group) is 2. The molecule has 0 unspecified atom stereocenters. The highest BCUT2D eigenvalue weighted by atomic mass is 16.4. The van der Waals surface area contributed by atoms with E-state index in [0.717, 1.165) is 30.7 Å². The average molecular weight is 261 g/mol. The Kier molecular flexibility index (Phi) is 4.06. The van der Waals surface area contributed by atoms with E-state index in [4.69, 9.17) is 10.2 Å². The van der Waals surface area contributed by atoms with Gasteiger partial charge < -0.3 is 20.4 Å². The van der Waals surface area contributed by atoms with Gasteiger partial charge in [0.15, 0.2) is 5.58 Å². The lowest BCUT2D eigenvalue weighted by atomic mass is 10.2. The van der Waals surface area contributed by atoms with Crippen LogP contribution in [0.1, 0.15) is 6.92 Å². The predicted molar refractivity (Wildman–Crippen MR) is 78.7 cm³/mol. The molecule has 0 radical (unpaired) electrons. The van der Waals surface area contributed by atoms with Crippen molar-refractivity contribution in [1.82, 2.24) is 5.32 Å². The van der Waals surface area contributed by atoms with Crippen LogP contribution in [0, 0.1) is 0 Å². The van der Waals surface area contributed by atoms with Gasteiger partial charge in [-0.15, -0.1) is 0 Å². The first-order valence-electron chi connectivity index (χ1n) is 6.39. The second-order valence-electron chi connectivity index (χ2n) is 4.37. The van der Waals surface area contributed by atoms with Gasteiger partial charge in [0.2, 0.25) is 0 Å². The van der Waals surface area contributed by atoms with Gasteiger partial charge >= 0.3 is 5.63 Å². The minimum absolute atomic E-state index is 0.142. The summed E-state index contributed by atoms with van der Waals surface area (Å²) >= 11 is 0. The molecule has 5 nitrogen and oxygen atoms in total. The lowest BCUT2D eigenvalue weighted by molar-refractivity contribution is 0.562. The van der Waals surface area contributed by atoms with E-state index in [1.165, 1.54) is 0 Å². The average Bonchev–Trinajstić information content (AvgIpc) is 2.41. The van der Waals surface area contributed by atoms with Gasteiger partial charge in [0.1, 0.15) is 5.69 Å². The van der Waals surface area contributed by atoms with E-state index >= 15 is 0 Å². The number of nitrogens with two attached hydrogens (primary N) is 1. The number of hydrogen-bond donors (Lipinski definition) is 2. The van der Waals surface area contributed by atoms with Crippen molar-refractivity contribution in [3.63, 3.8) is 0 Å². The zero-order chi connectivity index (χ0) is 13.8. The highest BCUT2D eigenvalue weighted by Gasteiger charge is 2.11. The molecule has 5 heteroatoms. The van der Waals surface area contributed by atoms with Crippen molar-refractivity contribution in [2.24, 2.45) is 0 Å². The van der Waals surface area contributed by atoms with Crippen molar-refractivity contribution in [2.75, 3.05) is 37.3 Å². The molecule has 1 aromatic heterocycles. The van der Waals surface area contributed by atoms with Crippen molar-refractivity contribution >= 4 is 22.3 Å². The Hall–Kier alpha value is -2.01. The second-order valence-corrected chi connectivity index (χ2v) is 4.37. The summed E-state index contributed by atoms with van der Waals surface area (Å²) in [5.41, 5.74) is 6.78. The number of benzene rings is 1. The van der Waals surface area contributed by atoms with Gasteiger partial charge in [0.05, 0.1) is 5.69 Å². The molecule has 0 aliphatic carbocycles. The monoisotopic (exact) mass is 261 g/mol. The van der Waals surface area contributed by atoms with Gasteiger partial charge in [0, 0.05) is 25.0 Å². The Morgan fingerprint density at radius 3 is 2.89 bits per heavy atom. The van der Waals surface area contributed by atoms with Gasteiger partial charge in [-0.05, 0) is 26.1 Å². The summed E-state index contributed by atoms with van der Waals surface area (Å²) in [6.45, 7) is 4.63. The Morgan fingerprint density at radius 1 is 1.42 bits per heavy atom. The fourth-order valence-electron chi connectivity index (χ4n) is 2.09. The molecule has 2 aromatic rings. The predicted octanol–water partition coefficient (Wildman–Crippen LogP) is 1.42. The van der Waals surface area contributed by atoms with E-state index in [9.17, 15) is 4.79 Å². The number of nitrogen functional groups attached to an aromatic ring is 1. The quantitative estimate of drug-likeness (QED) is 0.796. The van der Waals surface area contributed by atoms with Crippen molar-refractivity contribution in [3.05, 3.63) is 34.7 Å². The van der Waals surface area contributed by atoms with E-state index in [2.05, 4.69) is 17.1 Å². The minimum Gasteiger partial charge on any atom is -0.419 e. The molecule has 0 fully saturated rings. The third kappa shape index (κ3) is 2.71. The number of fused-ring (bicyclic) bond motifs is 1. The molecule has 0 saturated carbocycles. The van der Waals surface area contributed by atoms with Gasteiger partial charge in [0.25, 0.3) is 0 Å². The maximum atomic E-state index is 11.6. The molecule has 2 rings (SSSR count). The van der Waals surface area contributed by atoms with Crippen LogP contribution >= 0.6 is 0 Å². The standard InChI is InChI=1S/C14H19N3O2/c1-3-17(8-7-16-2)12-6-4-5-10-9-11(15)14(18)19-13(10)12/h4-6,9,16H,3,7-8,15H2,1-2H3. The Balaban J connectivity index is 2.53. The molecule has 0 aliphatic rings. The maximum Gasteiger partial charge on any atom is 0.359 e. The van der Waals surface area contributed by atoms with Crippen LogP contribution in [0.25, 0.3) is 11.0 Å². The number of nitrogens with one attached hydrogen (secondary N) is 1. The van der Waals surface area contributed by atoms with E-state index in [-0.39, 0.29) is 5.69 Å². The molecule has 1 heterocycles. The van der Waals surface area contributed by atoms with Gasteiger partial charge in [-0.25, -0.2) is 4.79 Å². The summed E-state index contributed by atoms with van der Waals surface area (Å²) in [6.07, 6.45) is 0. The number of anilines is 2. The zero-order valence-electron chi connectivity index (χ0n) is 11.3. The Bertz CT molecular complexity index is 622. The van der Waals surface area contributed by atoms with Gasteiger partial charge in [-0.3, -0.25) is 0 Å². The third-order valence-corrected chi connectivity index (χ3v) is 3.12. The lowest BCUT2D eigenvalue weighted by Gasteiger charge is -2.23. The van der Waals surface area contributed by atoms with Crippen LogP contribution in [0.2, 0.25) is 0 Å². The summed E-state index contributed by atoms with van der Waals surface area (Å²) in [5, 5.41) is 3.96. The first kappa shape index (κ1) is 13.4. The Morgan fingerprint density at radius 2 is 2.21 bits per heavy atom. The molecular weight excluding hydrogens is 242 g/mol. The molecule has 0 saturated heterocycles. The minimum atomic E-state index is -0.482. The summed E-state index contributed by atoms with van der Waals surface area (Å²) < 4.78 is 5.34. The van der Waals surface area contributed by atoms with Crippen LogP contribution in [-0.4, -0.2) is 26.7 Å². The van der Waals surface area contributed by atoms with E-state index in [0.29, 0.717) is 5.58 Å².